The number of esters is 1. The van der Waals surface area contributed by atoms with E-state index < -0.39 is 6.04 Å². The number of amides is 1. The van der Waals surface area contributed by atoms with E-state index in [0.29, 0.717) is 25.3 Å². The maximum absolute atomic E-state index is 12.2. The Balaban J connectivity index is 2.23. The molecule has 1 saturated heterocycles. The molecule has 1 heterocycles. The second-order valence-corrected chi connectivity index (χ2v) is 4.21. The normalized spacial score (nSPS) is 18.2. The van der Waals surface area contributed by atoms with Crippen LogP contribution in [0.3, 0.4) is 0 Å². The first-order chi connectivity index (χ1) is 9.24. The van der Waals surface area contributed by atoms with Crippen molar-refractivity contribution in [1.29, 1.82) is 0 Å². The van der Waals surface area contributed by atoms with E-state index in [0.717, 1.165) is 0 Å². The van der Waals surface area contributed by atoms with Crippen LogP contribution < -0.4 is 4.90 Å². The number of carbonyl (C=O) groups is 2. The van der Waals surface area contributed by atoms with Crippen molar-refractivity contribution in [2.45, 2.75) is 19.4 Å². The summed E-state index contributed by atoms with van der Waals surface area (Å²) in [6.45, 7) is 2.61. The lowest BCUT2D eigenvalue weighted by Crippen LogP contribution is -2.45. The molecular weight excluding hydrogens is 246 g/mol. The first kappa shape index (κ1) is 13.5. The summed E-state index contributed by atoms with van der Waals surface area (Å²) < 4.78 is 10.1. The Morgan fingerprint density at radius 2 is 2.16 bits per heavy atom. The molecule has 0 spiro atoms. The summed E-state index contributed by atoms with van der Waals surface area (Å²) in [5.41, 5.74) is 0.691. The number of rotatable bonds is 5. The second kappa shape index (κ2) is 6.33. The SMILES string of the molecule is CCOCC(=O)N(c1ccccc1)C1CCOC1=O. The van der Waals surface area contributed by atoms with Gasteiger partial charge in [-0.3, -0.25) is 9.69 Å². The summed E-state index contributed by atoms with van der Waals surface area (Å²) in [7, 11) is 0. The molecule has 1 atom stereocenters. The van der Waals surface area contributed by atoms with Gasteiger partial charge in [0.25, 0.3) is 5.91 Å². The molecule has 1 unspecified atom stereocenters. The molecule has 0 radical (unpaired) electrons. The quantitative estimate of drug-likeness (QED) is 0.753. The summed E-state index contributed by atoms with van der Waals surface area (Å²) in [5, 5.41) is 0. The maximum atomic E-state index is 12.2. The van der Waals surface area contributed by atoms with Gasteiger partial charge < -0.3 is 9.47 Å². The van der Waals surface area contributed by atoms with Gasteiger partial charge in [0.15, 0.2) is 0 Å². The van der Waals surface area contributed by atoms with Gasteiger partial charge >= 0.3 is 5.97 Å². The summed E-state index contributed by atoms with van der Waals surface area (Å²) in [5.74, 6) is -0.578. The van der Waals surface area contributed by atoms with Crippen LogP contribution in [0.1, 0.15) is 13.3 Å². The van der Waals surface area contributed by atoms with Crippen LogP contribution >= 0.6 is 0 Å². The molecule has 0 saturated carbocycles. The number of hydrogen-bond donors (Lipinski definition) is 0. The van der Waals surface area contributed by atoms with Crippen LogP contribution in [-0.4, -0.2) is 37.7 Å². The van der Waals surface area contributed by atoms with Crippen LogP contribution in [0.2, 0.25) is 0 Å². The third-order valence-electron chi connectivity index (χ3n) is 2.95. The number of para-hydroxylation sites is 1. The van der Waals surface area contributed by atoms with E-state index in [1.807, 2.05) is 25.1 Å². The van der Waals surface area contributed by atoms with Gasteiger partial charge in [-0.2, -0.15) is 0 Å². The van der Waals surface area contributed by atoms with Crippen LogP contribution in [-0.2, 0) is 19.1 Å². The highest BCUT2D eigenvalue weighted by Gasteiger charge is 2.36. The highest BCUT2D eigenvalue weighted by atomic mass is 16.5. The Hall–Kier alpha value is -1.88. The van der Waals surface area contributed by atoms with E-state index in [9.17, 15) is 9.59 Å². The van der Waals surface area contributed by atoms with Gasteiger partial charge in [-0.05, 0) is 19.1 Å². The van der Waals surface area contributed by atoms with Gasteiger partial charge in [0, 0.05) is 18.7 Å². The van der Waals surface area contributed by atoms with Gasteiger partial charge in [-0.1, -0.05) is 18.2 Å². The molecule has 102 valence electrons. The molecule has 1 aliphatic rings. The van der Waals surface area contributed by atoms with Crippen LogP contribution in [0.25, 0.3) is 0 Å². The second-order valence-electron chi connectivity index (χ2n) is 4.21. The van der Waals surface area contributed by atoms with Gasteiger partial charge in [-0.15, -0.1) is 0 Å². The largest absolute Gasteiger partial charge is 0.464 e. The number of nitrogens with zero attached hydrogens (tertiary/aromatic N) is 1. The maximum Gasteiger partial charge on any atom is 0.329 e. The minimum Gasteiger partial charge on any atom is -0.464 e. The van der Waals surface area contributed by atoms with E-state index in [1.165, 1.54) is 4.90 Å². The molecule has 1 aromatic rings. The zero-order valence-corrected chi connectivity index (χ0v) is 10.9. The smallest absolute Gasteiger partial charge is 0.329 e. The molecule has 5 heteroatoms. The molecule has 5 nitrogen and oxygen atoms in total. The highest BCUT2D eigenvalue weighted by molar-refractivity contribution is 6.00. The fraction of sp³-hybridized carbons (Fsp3) is 0.429. The van der Waals surface area contributed by atoms with E-state index in [1.54, 1.807) is 12.1 Å². The number of benzene rings is 1. The summed E-state index contributed by atoms with van der Waals surface area (Å²) in [6.07, 6.45) is 0.519. The Labute approximate surface area is 112 Å². The molecule has 1 aliphatic heterocycles. The topological polar surface area (TPSA) is 55.8 Å². The van der Waals surface area contributed by atoms with E-state index >= 15 is 0 Å². The van der Waals surface area contributed by atoms with Gasteiger partial charge in [0.2, 0.25) is 0 Å². The first-order valence-electron chi connectivity index (χ1n) is 6.35. The minimum atomic E-state index is -0.546. The fourth-order valence-corrected chi connectivity index (χ4v) is 2.06. The number of carbonyl (C=O) groups excluding carboxylic acids is 2. The Bertz CT molecular complexity index is 446. The van der Waals surface area contributed by atoms with Crippen molar-refractivity contribution in [3.05, 3.63) is 30.3 Å². The Kier molecular flexibility index (Phi) is 4.52. The van der Waals surface area contributed by atoms with Crippen molar-refractivity contribution < 1.29 is 19.1 Å². The van der Waals surface area contributed by atoms with Crippen LogP contribution in [0.15, 0.2) is 30.3 Å². The van der Waals surface area contributed by atoms with Crippen LogP contribution in [0, 0.1) is 0 Å². The highest BCUT2D eigenvalue weighted by Crippen LogP contribution is 2.22. The standard InChI is InChI=1S/C14H17NO4/c1-2-18-10-13(16)15(11-6-4-3-5-7-11)12-8-9-19-14(12)17/h3-7,12H,2,8-10H2,1H3. The lowest BCUT2D eigenvalue weighted by molar-refractivity contribution is -0.140. The third kappa shape index (κ3) is 3.12. The van der Waals surface area contributed by atoms with Crippen molar-refractivity contribution in [3.63, 3.8) is 0 Å². The van der Waals surface area contributed by atoms with Crippen molar-refractivity contribution in [2.24, 2.45) is 0 Å². The van der Waals surface area contributed by atoms with E-state index in [-0.39, 0.29) is 18.5 Å². The van der Waals surface area contributed by atoms with Gasteiger partial charge in [-0.25, -0.2) is 4.79 Å². The molecule has 0 aliphatic carbocycles. The van der Waals surface area contributed by atoms with Crippen LogP contribution in [0.5, 0.6) is 0 Å². The van der Waals surface area contributed by atoms with Gasteiger partial charge in [0.05, 0.1) is 6.61 Å². The first-order valence-corrected chi connectivity index (χ1v) is 6.35. The Morgan fingerprint density at radius 1 is 1.42 bits per heavy atom. The minimum absolute atomic E-state index is 0.0326. The molecule has 2 rings (SSSR count). The van der Waals surface area contributed by atoms with Crippen LogP contribution in [0.4, 0.5) is 5.69 Å². The fourth-order valence-electron chi connectivity index (χ4n) is 2.06. The third-order valence-corrected chi connectivity index (χ3v) is 2.95. The molecule has 1 fully saturated rings. The number of cyclic esters (lactones) is 1. The number of hydrogen-bond acceptors (Lipinski definition) is 4. The van der Waals surface area contributed by atoms with Crippen molar-refractivity contribution in [2.75, 3.05) is 24.7 Å². The van der Waals surface area contributed by atoms with Crippen molar-refractivity contribution in [1.82, 2.24) is 0 Å². The number of ether oxygens (including phenoxy) is 2. The molecule has 0 N–H and O–H groups in total. The molecule has 1 aromatic carbocycles. The molecular formula is C14H17NO4. The summed E-state index contributed by atoms with van der Waals surface area (Å²) in [4.78, 5) is 25.4. The zero-order valence-electron chi connectivity index (χ0n) is 10.9. The predicted octanol–water partition coefficient (Wildman–Crippen LogP) is 1.37. The van der Waals surface area contributed by atoms with Gasteiger partial charge in [0.1, 0.15) is 12.6 Å². The monoisotopic (exact) mass is 263 g/mol. The molecule has 19 heavy (non-hydrogen) atoms. The average Bonchev–Trinajstić information content (AvgIpc) is 2.84. The molecule has 0 aromatic heterocycles. The van der Waals surface area contributed by atoms with E-state index in [4.69, 9.17) is 9.47 Å². The number of anilines is 1. The van der Waals surface area contributed by atoms with E-state index in [2.05, 4.69) is 0 Å². The van der Waals surface area contributed by atoms with Crippen molar-refractivity contribution >= 4 is 17.6 Å². The molecule has 1 amide bonds. The lowest BCUT2D eigenvalue weighted by atomic mass is 10.1. The Morgan fingerprint density at radius 3 is 2.74 bits per heavy atom. The average molecular weight is 263 g/mol. The molecule has 0 bridgehead atoms. The lowest BCUT2D eigenvalue weighted by Gasteiger charge is -2.26. The zero-order chi connectivity index (χ0) is 13.7. The predicted molar refractivity (Wildman–Crippen MR) is 69.8 cm³/mol. The summed E-state index contributed by atoms with van der Waals surface area (Å²) >= 11 is 0. The summed E-state index contributed by atoms with van der Waals surface area (Å²) in [6, 6.07) is 8.58. The van der Waals surface area contributed by atoms with Crippen molar-refractivity contribution in [3.8, 4) is 0 Å².